The van der Waals surface area contributed by atoms with E-state index in [-0.39, 0.29) is 23.5 Å². The number of ether oxygens (including phenoxy) is 2. The van der Waals surface area contributed by atoms with Crippen LogP contribution in [0.15, 0.2) is 92.4 Å². The number of rotatable bonds is 9. The summed E-state index contributed by atoms with van der Waals surface area (Å²) in [6.07, 6.45) is 0. The van der Waals surface area contributed by atoms with E-state index in [1.165, 1.54) is 26.1 Å². The van der Waals surface area contributed by atoms with Crippen molar-refractivity contribution in [1.29, 1.82) is 0 Å². The van der Waals surface area contributed by atoms with Crippen molar-refractivity contribution in [3.63, 3.8) is 0 Å². The predicted molar refractivity (Wildman–Crippen MR) is 176 cm³/mol. The van der Waals surface area contributed by atoms with E-state index >= 15 is 0 Å². The summed E-state index contributed by atoms with van der Waals surface area (Å²) in [7, 11) is 2.14. The fourth-order valence-corrected chi connectivity index (χ4v) is 6.82. The quantitative estimate of drug-likeness (QED) is 0.0458. The van der Waals surface area contributed by atoms with Gasteiger partial charge in [0, 0.05) is 39.6 Å². The lowest BCUT2D eigenvalue weighted by Crippen LogP contribution is -2.27. The lowest BCUT2D eigenvalue weighted by atomic mass is 10.2. The third-order valence-electron chi connectivity index (χ3n) is 6.43. The van der Waals surface area contributed by atoms with Crippen LogP contribution in [-0.2, 0) is 30.5 Å². The molecule has 15 heteroatoms. The first kappa shape index (κ1) is 39.1. The highest BCUT2D eigenvalue weighted by molar-refractivity contribution is 7.97. The van der Waals surface area contributed by atoms with E-state index in [4.69, 9.17) is 9.47 Å². The number of esters is 1. The van der Waals surface area contributed by atoms with Gasteiger partial charge in [0.15, 0.2) is 44.6 Å². The van der Waals surface area contributed by atoms with Gasteiger partial charge in [-0.2, -0.15) is 0 Å². The van der Waals surface area contributed by atoms with Crippen LogP contribution < -0.4 is 14.5 Å². The van der Waals surface area contributed by atoms with Crippen LogP contribution in [0, 0.1) is 29.1 Å². The predicted octanol–water partition coefficient (Wildman–Crippen LogP) is 6.92. The molecule has 4 aromatic rings. The molecule has 0 aliphatic carbocycles. The number of benzene rings is 4. The highest BCUT2D eigenvalue weighted by Crippen LogP contribution is 2.34. The van der Waals surface area contributed by atoms with Crippen molar-refractivity contribution in [2.45, 2.75) is 46.0 Å². The molecule has 8 nitrogen and oxygen atoms in total. The van der Waals surface area contributed by atoms with Crippen molar-refractivity contribution in [3.05, 3.63) is 102 Å². The molecule has 0 aliphatic heterocycles. The molecule has 0 amide bonds. The van der Waals surface area contributed by atoms with Gasteiger partial charge in [-0.05, 0) is 93.6 Å². The normalized spacial score (nSPS) is 11.5. The van der Waals surface area contributed by atoms with Crippen LogP contribution in [0.2, 0.25) is 0 Å². The molecule has 0 atom stereocenters. The maximum atomic E-state index is 12.6. The summed E-state index contributed by atoms with van der Waals surface area (Å²) in [6.45, 7) is 5.42. The van der Waals surface area contributed by atoms with Crippen LogP contribution in [0.5, 0.6) is 5.75 Å². The first-order valence-corrected chi connectivity index (χ1v) is 17.1. The van der Waals surface area contributed by atoms with E-state index in [2.05, 4.69) is 70.5 Å². The Hall–Kier alpha value is -4.34. The molecule has 0 saturated carbocycles. The van der Waals surface area contributed by atoms with Gasteiger partial charge in [0.1, 0.15) is 26.4 Å². The molecule has 0 N–H and O–H groups in total. The SMILES string of the molecule is CN(C)c1ccc([S+](c2ccc(OCC(=O)OC(C)(C)C)cc2)c2ccc(N(C)C)cc2)cc1.O=S(=O)([O-])c1c(F)c(F)c(F)c(F)c1F. The topological polar surface area (TPSA) is 99.2 Å². The molecule has 0 aliphatic rings. The molecule has 0 heterocycles. The average Bonchev–Trinajstić information content (AvgIpc) is 3.02. The van der Waals surface area contributed by atoms with Gasteiger partial charge in [0.25, 0.3) is 0 Å². The number of hydrogen-bond donors (Lipinski definition) is 0. The Balaban J connectivity index is 0.000000362. The summed E-state index contributed by atoms with van der Waals surface area (Å²) in [5, 5.41) is 0. The molecule has 4 rings (SSSR count). The maximum absolute atomic E-state index is 12.6. The summed E-state index contributed by atoms with van der Waals surface area (Å²) in [5.41, 5.74) is 1.81. The zero-order chi connectivity index (χ0) is 36.8. The first-order valence-electron chi connectivity index (χ1n) is 14.4. The summed E-state index contributed by atoms with van der Waals surface area (Å²) < 4.78 is 104. The number of carbonyl (C=O) groups is 1. The van der Waals surface area contributed by atoms with Gasteiger partial charge in [0.2, 0.25) is 5.82 Å². The van der Waals surface area contributed by atoms with Gasteiger partial charge in [-0.1, -0.05) is 0 Å². The molecular formula is C34H35F5N2O6S2. The van der Waals surface area contributed by atoms with E-state index in [1.807, 2.05) is 61.1 Å². The van der Waals surface area contributed by atoms with Crippen molar-refractivity contribution in [3.8, 4) is 5.75 Å². The van der Waals surface area contributed by atoms with Crippen molar-refractivity contribution in [1.82, 2.24) is 0 Å². The molecule has 0 bridgehead atoms. The molecule has 0 fully saturated rings. The van der Waals surface area contributed by atoms with Gasteiger partial charge in [-0.15, -0.1) is 0 Å². The van der Waals surface area contributed by atoms with Crippen molar-refractivity contribution in [2.24, 2.45) is 0 Å². The Kier molecular flexibility index (Phi) is 12.7. The highest BCUT2D eigenvalue weighted by Gasteiger charge is 2.30. The van der Waals surface area contributed by atoms with Crippen molar-refractivity contribution >= 4 is 38.4 Å². The molecular weight excluding hydrogens is 692 g/mol. The Labute approximate surface area is 285 Å². The molecule has 0 unspecified atom stereocenters. The molecule has 0 aromatic heterocycles. The Morgan fingerprint density at radius 1 is 0.673 bits per heavy atom. The monoisotopic (exact) mass is 726 g/mol. The summed E-state index contributed by atoms with van der Waals surface area (Å²) in [6, 6.07) is 25.4. The smallest absolute Gasteiger partial charge is 0.344 e. The molecule has 0 spiro atoms. The fraction of sp³-hybridized carbons (Fsp3) is 0.265. The number of carbonyl (C=O) groups excluding carboxylic acids is 1. The number of halogens is 5. The fourth-order valence-electron chi connectivity index (χ4n) is 4.16. The van der Waals surface area contributed by atoms with Crippen molar-refractivity contribution < 1.29 is 49.2 Å². The molecule has 0 saturated heterocycles. The van der Waals surface area contributed by atoms with Crippen LogP contribution >= 0.6 is 0 Å². The lowest BCUT2D eigenvalue weighted by Gasteiger charge is -2.19. The molecule has 264 valence electrons. The second-order valence-corrected chi connectivity index (χ2v) is 15.1. The highest BCUT2D eigenvalue weighted by atomic mass is 32.2. The molecule has 49 heavy (non-hydrogen) atoms. The summed E-state index contributed by atoms with van der Waals surface area (Å²) in [4.78, 5) is 17.5. The minimum Gasteiger partial charge on any atom is -0.744 e. The number of anilines is 2. The Morgan fingerprint density at radius 2 is 1.02 bits per heavy atom. The van der Waals surface area contributed by atoms with Crippen LogP contribution in [-0.4, -0.2) is 59.3 Å². The van der Waals surface area contributed by atoms with E-state index in [0.717, 1.165) is 0 Å². The van der Waals surface area contributed by atoms with Gasteiger partial charge in [-0.3, -0.25) is 0 Å². The largest absolute Gasteiger partial charge is 0.744 e. The third-order valence-corrected chi connectivity index (χ3v) is 9.52. The van der Waals surface area contributed by atoms with E-state index in [1.54, 1.807) is 0 Å². The average molecular weight is 727 g/mol. The molecule has 4 aromatic carbocycles. The maximum Gasteiger partial charge on any atom is 0.344 e. The van der Waals surface area contributed by atoms with E-state index in [9.17, 15) is 39.7 Å². The van der Waals surface area contributed by atoms with Gasteiger partial charge in [-0.25, -0.2) is 35.2 Å². The van der Waals surface area contributed by atoms with E-state index < -0.39 is 49.7 Å². The van der Waals surface area contributed by atoms with Crippen LogP contribution in [0.4, 0.5) is 33.3 Å². The van der Waals surface area contributed by atoms with Crippen LogP contribution in [0.3, 0.4) is 0 Å². The summed E-state index contributed by atoms with van der Waals surface area (Å²) >= 11 is 0. The van der Waals surface area contributed by atoms with Crippen LogP contribution in [0.1, 0.15) is 20.8 Å². The van der Waals surface area contributed by atoms with Crippen LogP contribution in [0.25, 0.3) is 0 Å². The number of hydrogen-bond acceptors (Lipinski definition) is 8. The minimum atomic E-state index is -5.77. The lowest BCUT2D eigenvalue weighted by molar-refractivity contribution is -0.157. The van der Waals surface area contributed by atoms with Gasteiger partial charge in [0.05, 0.1) is 10.9 Å². The second kappa shape index (κ2) is 15.9. The van der Waals surface area contributed by atoms with E-state index in [0.29, 0.717) is 5.75 Å². The number of nitrogens with zero attached hydrogens (tertiary/aromatic N) is 2. The van der Waals surface area contributed by atoms with Gasteiger partial charge >= 0.3 is 5.97 Å². The second-order valence-electron chi connectivity index (χ2n) is 11.8. The first-order chi connectivity index (χ1) is 22.7. The Morgan fingerprint density at radius 3 is 1.35 bits per heavy atom. The zero-order valence-corrected chi connectivity index (χ0v) is 29.3. The third kappa shape index (κ3) is 10.3. The van der Waals surface area contributed by atoms with Crippen molar-refractivity contribution in [2.75, 3.05) is 44.6 Å². The minimum absolute atomic E-state index is 0.111. The zero-order valence-electron chi connectivity index (χ0n) is 27.7. The van der Waals surface area contributed by atoms with Gasteiger partial charge < -0.3 is 23.8 Å². The molecule has 0 radical (unpaired) electrons. The summed E-state index contributed by atoms with van der Waals surface area (Å²) in [5.74, 6) is -12.6. The standard InChI is InChI=1S/C28H35N2O3S.C6HF5O3S/c1-28(2,3)33-27(31)20-32-23-12-18-26(19-13-23)34(24-14-8-21(9-15-24)29(4)5)25-16-10-22(11-17-25)30(6)7;7-1-2(8)4(10)6(15(12,13)14)5(11)3(1)9/h8-19H,20H2,1-7H3;(H,12,13,14)/q+1;/p-1. The Bertz CT molecular complexity index is 1790.